The van der Waals surface area contributed by atoms with Gasteiger partial charge in [-0.25, -0.2) is 0 Å². The van der Waals surface area contributed by atoms with Crippen molar-refractivity contribution in [3.05, 3.63) is 59.4 Å². The zero-order valence-electron chi connectivity index (χ0n) is 12.8. The minimum atomic E-state index is 0.514. The van der Waals surface area contributed by atoms with Crippen molar-refractivity contribution in [2.45, 2.75) is 0 Å². The van der Waals surface area contributed by atoms with Crippen LogP contribution in [0.5, 0.6) is 0 Å². The lowest BCUT2D eigenvalue weighted by atomic mass is 10.1. The molecule has 0 aliphatic heterocycles. The molecule has 0 aliphatic rings. The first-order chi connectivity index (χ1) is 11.7. The minimum absolute atomic E-state index is 0.514. The van der Waals surface area contributed by atoms with Crippen molar-refractivity contribution in [2.75, 3.05) is 11.9 Å². The fourth-order valence-corrected chi connectivity index (χ4v) is 2.87. The predicted molar refractivity (Wildman–Crippen MR) is 95.7 cm³/mol. The average Bonchev–Trinajstić information content (AvgIpc) is 3.09. The number of benzene rings is 2. The standard InChI is InChI=1S/C18H12ClN5/c1-3-12-5-4-6-14(9-12)23(2)17-15-8-7-13(19)10-16(15)24-11-20-22-18(24)21-17/h1,4-11H,2H3. The van der Waals surface area contributed by atoms with Gasteiger partial charge in [0.1, 0.15) is 12.1 Å². The van der Waals surface area contributed by atoms with Crippen LogP contribution in [0, 0.1) is 12.3 Å². The topological polar surface area (TPSA) is 46.3 Å². The van der Waals surface area contributed by atoms with Gasteiger partial charge in [0.05, 0.1) is 5.52 Å². The Balaban J connectivity index is 1.99. The summed E-state index contributed by atoms with van der Waals surface area (Å²) in [5.41, 5.74) is 2.65. The molecule has 6 heteroatoms. The molecule has 4 rings (SSSR count). The molecule has 4 aromatic rings. The highest BCUT2D eigenvalue weighted by Gasteiger charge is 2.15. The maximum atomic E-state index is 6.16. The van der Waals surface area contributed by atoms with E-state index >= 15 is 0 Å². The van der Waals surface area contributed by atoms with Crippen LogP contribution in [-0.2, 0) is 0 Å². The molecule has 2 aromatic carbocycles. The maximum Gasteiger partial charge on any atom is 0.257 e. The van der Waals surface area contributed by atoms with E-state index in [4.69, 9.17) is 18.0 Å². The van der Waals surface area contributed by atoms with Crippen molar-refractivity contribution < 1.29 is 0 Å². The zero-order valence-corrected chi connectivity index (χ0v) is 13.6. The van der Waals surface area contributed by atoms with Gasteiger partial charge in [0.2, 0.25) is 0 Å². The van der Waals surface area contributed by atoms with Crippen LogP contribution in [-0.4, -0.2) is 26.6 Å². The van der Waals surface area contributed by atoms with Crippen LogP contribution in [0.25, 0.3) is 16.7 Å². The van der Waals surface area contributed by atoms with Crippen LogP contribution in [0.2, 0.25) is 5.02 Å². The highest BCUT2D eigenvalue weighted by Crippen LogP contribution is 2.31. The van der Waals surface area contributed by atoms with E-state index in [1.807, 2.05) is 58.8 Å². The largest absolute Gasteiger partial charge is 0.329 e. The summed E-state index contributed by atoms with van der Waals surface area (Å²) in [6.45, 7) is 0. The lowest BCUT2D eigenvalue weighted by molar-refractivity contribution is 1.08. The summed E-state index contributed by atoms with van der Waals surface area (Å²) < 4.78 is 1.82. The van der Waals surface area contributed by atoms with Crippen molar-refractivity contribution in [2.24, 2.45) is 0 Å². The van der Waals surface area contributed by atoms with Gasteiger partial charge < -0.3 is 4.90 Å². The van der Waals surface area contributed by atoms with Crippen LogP contribution in [0.4, 0.5) is 11.5 Å². The fourth-order valence-electron chi connectivity index (χ4n) is 2.71. The second kappa shape index (κ2) is 5.52. The lowest BCUT2D eigenvalue weighted by Gasteiger charge is -2.20. The van der Waals surface area contributed by atoms with E-state index in [1.54, 1.807) is 6.33 Å². The summed E-state index contributed by atoms with van der Waals surface area (Å²) in [7, 11) is 1.94. The van der Waals surface area contributed by atoms with Crippen LogP contribution in [0.15, 0.2) is 48.8 Å². The SMILES string of the molecule is C#Cc1cccc(N(C)c2nc3nncn3c3cc(Cl)ccc23)c1. The molecule has 0 N–H and O–H groups in total. The smallest absolute Gasteiger partial charge is 0.257 e. The number of aromatic nitrogens is 4. The Labute approximate surface area is 143 Å². The Hall–Kier alpha value is -3.10. The molecule has 0 atom stereocenters. The van der Waals surface area contributed by atoms with Gasteiger partial charge >= 0.3 is 0 Å². The van der Waals surface area contributed by atoms with Gasteiger partial charge in [-0.3, -0.25) is 4.40 Å². The number of hydrogen-bond donors (Lipinski definition) is 0. The van der Waals surface area contributed by atoms with Gasteiger partial charge in [-0.1, -0.05) is 23.6 Å². The molecule has 0 radical (unpaired) electrons. The van der Waals surface area contributed by atoms with Crippen LogP contribution in [0.3, 0.4) is 0 Å². The molecule has 5 nitrogen and oxygen atoms in total. The molecule has 0 spiro atoms. The highest BCUT2D eigenvalue weighted by atomic mass is 35.5. The molecule has 2 aromatic heterocycles. The number of anilines is 2. The van der Waals surface area contributed by atoms with Gasteiger partial charge in [-0.2, -0.15) is 4.98 Å². The number of terminal acetylenes is 1. The Kier molecular flexibility index (Phi) is 3.33. The molecule has 0 amide bonds. The average molecular weight is 334 g/mol. The normalized spacial score (nSPS) is 10.9. The van der Waals surface area contributed by atoms with Crippen LogP contribution < -0.4 is 4.90 Å². The Morgan fingerprint density at radius 2 is 2.08 bits per heavy atom. The third-order valence-electron chi connectivity index (χ3n) is 3.91. The molecule has 0 fully saturated rings. The molecule has 2 heterocycles. The molecule has 0 aliphatic carbocycles. The highest BCUT2D eigenvalue weighted by molar-refractivity contribution is 6.31. The third-order valence-corrected chi connectivity index (χ3v) is 4.15. The Morgan fingerprint density at radius 1 is 1.21 bits per heavy atom. The van der Waals surface area contributed by atoms with E-state index in [-0.39, 0.29) is 0 Å². The molecule has 0 saturated carbocycles. The molecule has 0 saturated heterocycles. The van der Waals surface area contributed by atoms with Gasteiger partial charge in [0, 0.05) is 28.7 Å². The van der Waals surface area contributed by atoms with Crippen molar-refractivity contribution >= 4 is 39.8 Å². The summed E-state index contributed by atoms with van der Waals surface area (Å²) >= 11 is 6.16. The van der Waals surface area contributed by atoms with Crippen LogP contribution in [0.1, 0.15) is 5.56 Å². The number of hydrogen-bond acceptors (Lipinski definition) is 4. The number of fused-ring (bicyclic) bond motifs is 3. The summed E-state index contributed by atoms with van der Waals surface area (Å²) in [6.07, 6.45) is 7.13. The molecule has 24 heavy (non-hydrogen) atoms. The van der Waals surface area contributed by atoms with E-state index in [0.717, 1.165) is 28.0 Å². The first-order valence-electron chi connectivity index (χ1n) is 7.27. The molecule has 0 unspecified atom stereocenters. The van der Waals surface area contributed by atoms with Crippen molar-refractivity contribution in [3.8, 4) is 12.3 Å². The quantitative estimate of drug-likeness (QED) is 0.525. The number of rotatable bonds is 2. The lowest BCUT2D eigenvalue weighted by Crippen LogP contribution is -2.13. The monoisotopic (exact) mass is 333 g/mol. The van der Waals surface area contributed by atoms with Crippen molar-refractivity contribution in [1.29, 1.82) is 0 Å². The van der Waals surface area contributed by atoms with Gasteiger partial charge in [0.15, 0.2) is 0 Å². The Morgan fingerprint density at radius 3 is 2.92 bits per heavy atom. The molecule has 0 bridgehead atoms. The summed E-state index contributed by atoms with van der Waals surface area (Å²) in [5, 5.41) is 9.60. The molecule has 116 valence electrons. The molecular weight excluding hydrogens is 322 g/mol. The van der Waals surface area contributed by atoms with E-state index < -0.39 is 0 Å². The first-order valence-corrected chi connectivity index (χ1v) is 7.64. The minimum Gasteiger partial charge on any atom is -0.329 e. The second-order valence-corrected chi connectivity index (χ2v) is 5.79. The summed E-state index contributed by atoms with van der Waals surface area (Å²) in [5.74, 6) is 3.93. The second-order valence-electron chi connectivity index (χ2n) is 5.35. The number of halogens is 1. The maximum absolute atomic E-state index is 6.16. The number of nitrogens with zero attached hydrogens (tertiary/aromatic N) is 5. The summed E-state index contributed by atoms with van der Waals surface area (Å²) in [6, 6.07) is 13.4. The fraction of sp³-hybridized carbons (Fsp3) is 0.0556. The first kappa shape index (κ1) is 14.5. The van der Waals surface area contributed by atoms with E-state index in [0.29, 0.717) is 10.8 Å². The van der Waals surface area contributed by atoms with Gasteiger partial charge in [-0.05, 0) is 36.4 Å². The molecular formula is C18H12ClN5. The van der Waals surface area contributed by atoms with Gasteiger partial charge in [-0.15, -0.1) is 16.6 Å². The Bertz CT molecular complexity index is 1110. The van der Waals surface area contributed by atoms with Crippen molar-refractivity contribution in [3.63, 3.8) is 0 Å². The van der Waals surface area contributed by atoms with Crippen LogP contribution >= 0.6 is 11.6 Å². The zero-order chi connectivity index (χ0) is 16.7. The van der Waals surface area contributed by atoms with Gasteiger partial charge in [0.25, 0.3) is 5.78 Å². The third kappa shape index (κ3) is 2.25. The van der Waals surface area contributed by atoms with E-state index in [2.05, 4.69) is 21.1 Å². The summed E-state index contributed by atoms with van der Waals surface area (Å²) in [4.78, 5) is 6.62. The van der Waals surface area contributed by atoms with E-state index in [9.17, 15) is 0 Å². The van der Waals surface area contributed by atoms with E-state index in [1.165, 1.54) is 0 Å². The predicted octanol–water partition coefficient (Wildman–Crippen LogP) is 3.68. The van der Waals surface area contributed by atoms with Crippen molar-refractivity contribution in [1.82, 2.24) is 19.6 Å².